The quantitative estimate of drug-likeness (QED) is 0.870. The van der Waals surface area contributed by atoms with Crippen LogP contribution >= 0.6 is 0 Å². The lowest BCUT2D eigenvalue weighted by molar-refractivity contribution is 0.295. The summed E-state index contributed by atoms with van der Waals surface area (Å²) in [7, 11) is 0. The largest absolute Gasteiger partial charge is 0.307 e. The molecule has 0 saturated carbocycles. The van der Waals surface area contributed by atoms with Gasteiger partial charge in [-0.2, -0.15) is 0 Å². The van der Waals surface area contributed by atoms with Gasteiger partial charge in [-0.15, -0.1) is 0 Å². The Morgan fingerprint density at radius 3 is 3.00 bits per heavy atom. The van der Waals surface area contributed by atoms with Crippen molar-refractivity contribution in [1.82, 2.24) is 10.3 Å². The molecule has 2 rings (SSSR count). The third kappa shape index (κ3) is 2.83. The number of nitrogens with zero attached hydrogens (tertiary/aromatic N) is 1. The predicted molar refractivity (Wildman–Crippen MR) is 67.3 cm³/mol. The van der Waals surface area contributed by atoms with Gasteiger partial charge >= 0.3 is 0 Å². The number of hydrogen-bond donors (Lipinski definition) is 1. The number of aromatic nitrogens is 1. The fraction of sp³-hybridized carbons (Fsp3) is 0.643. The topological polar surface area (TPSA) is 24.9 Å². The van der Waals surface area contributed by atoms with E-state index in [2.05, 4.69) is 17.2 Å². The van der Waals surface area contributed by atoms with Crippen molar-refractivity contribution < 1.29 is 4.39 Å². The van der Waals surface area contributed by atoms with Gasteiger partial charge in [-0.1, -0.05) is 26.2 Å². The highest BCUT2D eigenvalue weighted by Gasteiger charge is 2.32. The molecule has 2 heterocycles. The highest BCUT2D eigenvalue weighted by atomic mass is 19.1. The number of halogens is 1. The van der Waals surface area contributed by atoms with E-state index < -0.39 is 0 Å². The molecule has 0 aliphatic carbocycles. The molecule has 0 radical (unpaired) electrons. The minimum absolute atomic E-state index is 0.0552. The molecule has 0 aromatic carbocycles. The molecule has 1 atom stereocenters. The summed E-state index contributed by atoms with van der Waals surface area (Å²) >= 11 is 0. The van der Waals surface area contributed by atoms with Gasteiger partial charge in [0.15, 0.2) is 0 Å². The van der Waals surface area contributed by atoms with Crippen LogP contribution in [0.4, 0.5) is 4.39 Å². The zero-order valence-electron chi connectivity index (χ0n) is 10.5. The molecule has 1 unspecified atom stereocenters. The van der Waals surface area contributed by atoms with E-state index in [0.29, 0.717) is 0 Å². The maximum Gasteiger partial charge on any atom is 0.141 e. The Morgan fingerprint density at radius 1 is 1.35 bits per heavy atom. The molecule has 1 aromatic heterocycles. The minimum Gasteiger partial charge on any atom is -0.307 e. The van der Waals surface area contributed by atoms with E-state index in [1.165, 1.54) is 25.5 Å². The van der Waals surface area contributed by atoms with Gasteiger partial charge in [0.1, 0.15) is 5.82 Å². The predicted octanol–water partition coefficient (Wildman–Crippen LogP) is 3.38. The van der Waals surface area contributed by atoms with Gasteiger partial charge < -0.3 is 5.32 Å². The van der Waals surface area contributed by atoms with Gasteiger partial charge in [0.05, 0.1) is 6.20 Å². The Kier molecular flexibility index (Phi) is 4.11. The molecule has 94 valence electrons. The molecular weight excluding hydrogens is 215 g/mol. The summed E-state index contributed by atoms with van der Waals surface area (Å²) in [6.45, 7) is 3.21. The Morgan fingerprint density at radius 2 is 2.24 bits per heavy atom. The lowest BCUT2D eigenvalue weighted by atomic mass is 9.82. The minimum atomic E-state index is -0.232. The molecular formula is C14H21FN2. The molecule has 2 nitrogen and oxygen atoms in total. The van der Waals surface area contributed by atoms with Crippen LogP contribution in [0, 0.1) is 5.82 Å². The SMILES string of the molecule is CCCC1(c2cncc(F)c2)CCCCCN1. The van der Waals surface area contributed by atoms with Crippen LogP contribution in [-0.4, -0.2) is 11.5 Å². The average molecular weight is 236 g/mol. The van der Waals surface area contributed by atoms with Crippen molar-refractivity contribution in [3.8, 4) is 0 Å². The molecule has 0 bridgehead atoms. The Labute approximate surface area is 103 Å². The Balaban J connectivity index is 2.31. The maximum absolute atomic E-state index is 13.3. The second-order valence-electron chi connectivity index (χ2n) is 4.96. The summed E-state index contributed by atoms with van der Waals surface area (Å²) in [6, 6.07) is 1.64. The molecule has 0 spiro atoms. The zero-order valence-corrected chi connectivity index (χ0v) is 10.5. The Hall–Kier alpha value is -0.960. The van der Waals surface area contributed by atoms with Crippen molar-refractivity contribution >= 4 is 0 Å². The van der Waals surface area contributed by atoms with E-state index in [1.807, 2.05) is 6.20 Å². The van der Waals surface area contributed by atoms with E-state index in [-0.39, 0.29) is 11.4 Å². The fourth-order valence-corrected chi connectivity index (χ4v) is 2.85. The first-order valence-electron chi connectivity index (χ1n) is 6.63. The second kappa shape index (κ2) is 5.58. The van der Waals surface area contributed by atoms with Gasteiger partial charge in [-0.3, -0.25) is 4.98 Å². The second-order valence-corrected chi connectivity index (χ2v) is 4.96. The van der Waals surface area contributed by atoms with Crippen molar-refractivity contribution in [1.29, 1.82) is 0 Å². The average Bonchev–Trinajstić information content (AvgIpc) is 2.56. The van der Waals surface area contributed by atoms with Gasteiger partial charge in [-0.25, -0.2) is 4.39 Å². The van der Waals surface area contributed by atoms with Crippen molar-refractivity contribution in [3.05, 3.63) is 29.8 Å². The third-order valence-corrected chi connectivity index (χ3v) is 3.68. The monoisotopic (exact) mass is 236 g/mol. The Bertz CT molecular complexity index is 357. The maximum atomic E-state index is 13.3. The van der Waals surface area contributed by atoms with Gasteiger partial charge in [0, 0.05) is 11.7 Å². The van der Waals surface area contributed by atoms with Crippen molar-refractivity contribution in [2.75, 3.05) is 6.54 Å². The summed E-state index contributed by atoms with van der Waals surface area (Å²) < 4.78 is 13.3. The van der Waals surface area contributed by atoms with Crippen molar-refractivity contribution in [3.63, 3.8) is 0 Å². The van der Waals surface area contributed by atoms with Crippen LogP contribution in [0.5, 0.6) is 0 Å². The highest BCUT2D eigenvalue weighted by molar-refractivity contribution is 5.22. The molecule has 3 heteroatoms. The summed E-state index contributed by atoms with van der Waals surface area (Å²) in [5.74, 6) is -0.232. The van der Waals surface area contributed by atoms with E-state index in [0.717, 1.165) is 31.4 Å². The lowest BCUT2D eigenvalue weighted by Gasteiger charge is -2.34. The molecule has 1 N–H and O–H groups in total. The first-order valence-corrected chi connectivity index (χ1v) is 6.63. The van der Waals surface area contributed by atoms with Gasteiger partial charge in [0.2, 0.25) is 0 Å². The van der Waals surface area contributed by atoms with E-state index in [1.54, 1.807) is 6.07 Å². The molecule has 1 aromatic rings. The molecule has 0 amide bonds. The van der Waals surface area contributed by atoms with Crippen LogP contribution in [0.15, 0.2) is 18.5 Å². The first-order chi connectivity index (χ1) is 8.27. The number of pyridine rings is 1. The van der Waals surface area contributed by atoms with Gasteiger partial charge in [-0.05, 0) is 37.4 Å². The summed E-state index contributed by atoms with van der Waals surface area (Å²) in [5, 5.41) is 3.63. The van der Waals surface area contributed by atoms with Gasteiger partial charge in [0.25, 0.3) is 0 Å². The van der Waals surface area contributed by atoms with E-state index >= 15 is 0 Å². The number of nitrogens with one attached hydrogen (secondary N) is 1. The van der Waals surface area contributed by atoms with Crippen LogP contribution in [-0.2, 0) is 5.54 Å². The van der Waals surface area contributed by atoms with Crippen molar-refractivity contribution in [2.45, 2.75) is 51.0 Å². The normalized spacial score (nSPS) is 25.5. The van der Waals surface area contributed by atoms with Crippen LogP contribution in [0.25, 0.3) is 0 Å². The zero-order chi connectivity index (χ0) is 12.1. The first kappa shape index (κ1) is 12.5. The molecule has 17 heavy (non-hydrogen) atoms. The molecule has 1 fully saturated rings. The third-order valence-electron chi connectivity index (χ3n) is 3.68. The van der Waals surface area contributed by atoms with Crippen LogP contribution in [0.3, 0.4) is 0 Å². The van der Waals surface area contributed by atoms with Crippen molar-refractivity contribution in [2.24, 2.45) is 0 Å². The molecule has 1 aliphatic rings. The summed E-state index contributed by atoms with van der Waals surface area (Å²) in [5.41, 5.74) is 0.960. The lowest BCUT2D eigenvalue weighted by Crippen LogP contribution is -2.41. The number of hydrogen-bond acceptors (Lipinski definition) is 2. The molecule has 1 aliphatic heterocycles. The summed E-state index contributed by atoms with van der Waals surface area (Å²) in [6.07, 6.45) is 10.0. The smallest absolute Gasteiger partial charge is 0.141 e. The van der Waals surface area contributed by atoms with E-state index in [9.17, 15) is 4.39 Å². The molecule has 1 saturated heterocycles. The standard InChI is InChI=1S/C14H21FN2/c1-2-6-14(7-4-3-5-8-17-14)12-9-13(15)11-16-10-12/h9-11,17H,2-8H2,1H3. The van der Waals surface area contributed by atoms with E-state index in [4.69, 9.17) is 0 Å². The number of rotatable bonds is 3. The van der Waals surface area contributed by atoms with Crippen LogP contribution in [0.2, 0.25) is 0 Å². The van der Waals surface area contributed by atoms with Crippen LogP contribution in [0.1, 0.15) is 51.0 Å². The van der Waals surface area contributed by atoms with Crippen LogP contribution < -0.4 is 5.32 Å². The fourth-order valence-electron chi connectivity index (χ4n) is 2.85. The highest BCUT2D eigenvalue weighted by Crippen LogP contribution is 2.34. The summed E-state index contributed by atoms with van der Waals surface area (Å²) in [4.78, 5) is 4.00.